The van der Waals surface area contributed by atoms with Crippen molar-refractivity contribution < 1.29 is 4.79 Å². The normalized spacial score (nSPS) is 8.07. The van der Waals surface area contributed by atoms with E-state index in [-0.39, 0.29) is 30.7 Å². The molecule has 6 heteroatoms. The number of amides is 1. The molecular weight excluding hydrogens is 225 g/mol. The molecule has 0 unspecified atom stereocenters. The highest BCUT2D eigenvalue weighted by atomic mass is 35.5. The van der Waals surface area contributed by atoms with Gasteiger partial charge in [0.05, 0.1) is 6.67 Å². The molecule has 14 heavy (non-hydrogen) atoms. The fourth-order valence-electron chi connectivity index (χ4n) is 0.756. The predicted octanol–water partition coefficient (Wildman–Crippen LogP) is 0.832. The van der Waals surface area contributed by atoms with Crippen LogP contribution in [0.25, 0.3) is 0 Å². The third-order valence-electron chi connectivity index (χ3n) is 1.32. The molecule has 1 heterocycles. The summed E-state index contributed by atoms with van der Waals surface area (Å²) in [5, 5.41) is 5.44. The van der Waals surface area contributed by atoms with Crippen molar-refractivity contribution in [3.63, 3.8) is 0 Å². The summed E-state index contributed by atoms with van der Waals surface area (Å²) in [7, 11) is 1.76. The summed E-state index contributed by atoms with van der Waals surface area (Å²) < 4.78 is 0. The van der Waals surface area contributed by atoms with Crippen LogP contribution in [0.15, 0.2) is 24.4 Å². The second-order valence-corrected chi connectivity index (χ2v) is 2.25. The Hall–Kier alpha value is -0.840. The first-order valence-electron chi connectivity index (χ1n) is 3.68. The van der Waals surface area contributed by atoms with Gasteiger partial charge in [0.15, 0.2) is 0 Å². The van der Waals surface area contributed by atoms with Crippen LogP contribution in [0.5, 0.6) is 0 Å². The van der Waals surface area contributed by atoms with Crippen LogP contribution in [-0.2, 0) is 0 Å². The number of hydrogen-bond acceptors (Lipinski definition) is 3. The predicted molar refractivity (Wildman–Crippen MR) is 60.1 cm³/mol. The zero-order valence-corrected chi connectivity index (χ0v) is 9.32. The Kier molecular flexibility index (Phi) is 9.76. The first kappa shape index (κ1) is 15.6. The van der Waals surface area contributed by atoms with Crippen LogP contribution in [0.1, 0.15) is 10.5 Å². The Morgan fingerprint density at radius 1 is 1.43 bits per heavy atom. The molecule has 0 saturated carbocycles. The molecular formula is C8H13Cl2N3O. The van der Waals surface area contributed by atoms with Crippen LogP contribution in [-0.4, -0.2) is 24.6 Å². The number of carbonyl (C=O) groups excluding carboxylic acids is 1. The van der Waals surface area contributed by atoms with E-state index in [9.17, 15) is 4.79 Å². The van der Waals surface area contributed by atoms with Crippen molar-refractivity contribution in [1.29, 1.82) is 0 Å². The smallest absolute Gasteiger partial charge is 0.270 e. The quantitative estimate of drug-likeness (QED) is 0.767. The Balaban J connectivity index is 0. The van der Waals surface area contributed by atoms with E-state index in [1.165, 1.54) is 0 Å². The number of rotatable bonds is 3. The third-order valence-corrected chi connectivity index (χ3v) is 1.32. The first-order valence-corrected chi connectivity index (χ1v) is 3.68. The largest absolute Gasteiger partial charge is 0.338 e. The van der Waals surface area contributed by atoms with Gasteiger partial charge in [-0.05, 0) is 19.2 Å². The van der Waals surface area contributed by atoms with Crippen molar-refractivity contribution in [2.45, 2.75) is 0 Å². The molecule has 1 aromatic heterocycles. The maximum Gasteiger partial charge on any atom is 0.270 e. The van der Waals surface area contributed by atoms with E-state index >= 15 is 0 Å². The Morgan fingerprint density at radius 3 is 2.64 bits per heavy atom. The Labute approximate surface area is 95.3 Å². The number of nitrogens with one attached hydrogen (secondary N) is 2. The fourth-order valence-corrected chi connectivity index (χ4v) is 0.756. The zero-order chi connectivity index (χ0) is 8.81. The first-order chi connectivity index (χ1) is 5.84. The van der Waals surface area contributed by atoms with E-state index in [0.29, 0.717) is 12.4 Å². The van der Waals surface area contributed by atoms with Gasteiger partial charge in [-0.15, -0.1) is 24.8 Å². The van der Waals surface area contributed by atoms with Gasteiger partial charge >= 0.3 is 0 Å². The van der Waals surface area contributed by atoms with Crippen molar-refractivity contribution in [3.8, 4) is 0 Å². The third kappa shape index (κ3) is 5.01. The summed E-state index contributed by atoms with van der Waals surface area (Å²) in [6.45, 7) is 0.454. The fraction of sp³-hybridized carbons (Fsp3) is 0.250. The Bertz CT molecular complexity index is 256. The van der Waals surface area contributed by atoms with Gasteiger partial charge in [-0.25, -0.2) is 0 Å². The van der Waals surface area contributed by atoms with Crippen LogP contribution in [0.3, 0.4) is 0 Å². The summed E-state index contributed by atoms with van der Waals surface area (Å²) in [5.74, 6) is -0.162. The van der Waals surface area contributed by atoms with Crippen molar-refractivity contribution in [2.24, 2.45) is 0 Å². The molecule has 1 aromatic rings. The van der Waals surface area contributed by atoms with Crippen LogP contribution < -0.4 is 10.6 Å². The molecule has 0 atom stereocenters. The number of aromatic nitrogens is 1. The maximum atomic E-state index is 11.2. The minimum atomic E-state index is -0.162. The van der Waals surface area contributed by atoms with Crippen LogP contribution in [0.4, 0.5) is 0 Å². The molecule has 0 radical (unpaired) electrons. The molecule has 2 N–H and O–H groups in total. The summed E-state index contributed by atoms with van der Waals surface area (Å²) in [6.07, 6.45) is 1.59. The lowest BCUT2D eigenvalue weighted by molar-refractivity contribution is 0.0946. The maximum absolute atomic E-state index is 11.2. The van der Waals surface area contributed by atoms with Gasteiger partial charge in [0, 0.05) is 6.20 Å². The molecule has 4 nitrogen and oxygen atoms in total. The number of halogens is 2. The van der Waals surface area contributed by atoms with E-state index in [4.69, 9.17) is 0 Å². The minimum absolute atomic E-state index is 0. The van der Waals surface area contributed by atoms with Crippen molar-refractivity contribution in [3.05, 3.63) is 30.1 Å². The van der Waals surface area contributed by atoms with Crippen LogP contribution in [0, 0.1) is 0 Å². The standard InChI is InChI=1S/C8H11N3O.2ClH/c1-9-6-11-8(12)7-4-2-3-5-10-7;;/h2-5,9H,6H2,1H3,(H,11,12);2*1H. The molecule has 0 aliphatic rings. The van der Waals surface area contributed by atoms with Gasteiger partial charge in [0.25, 0.3) is 5.91 Å². The molecule has 1 amide bonds. The van der Waals surface area contributed by atoms with E-state index in [0.717, 1.165) is 0 Å². The number of carbonyl (C=O) groups is 1. The summed E-state index contributed by atoms with van der Waals surface area (Å²) in [4.78, 5) is 15.1. The van der Waals surface area contributed by atoms with E-state index < -0.39 is 0 Å². The van der Waals surface area contributed by atoms with Gasteiger partial charge < -0.3 is 10.6 Å². The molecule has 0 spiro atoms. The number of pyridine rings is 1. The van der Waals surface area contributed by atoms with Gasteiger partial charge in [-0.3, -0.25) is 9.78 Å². The SMILES string of the molecule is CNCNC(=O)c1ccccn1.Cl.Cl. The average Bonchev–Trinajstić information content (AvgIpc) is 2.15. The molecule has 1 rings (SSSR count). The molecule has 0 aromatic carbocycles. The average molecular weight is 238 g/mol. The van der Waals surface area contributed by atoms with Gasteiger partial charge in [-0.2, -0.15) is 0 Å². The lowest BCUT2D eigenvalue weighted by atomic mass is 10.3. The van der Waals surface area contributed by atoms with E-state index in [1.807, 2.05) is 0 Å². The minimum Gasteiger partial charge on any atom is -0.338 e. The van der Waals surface area contributed by atoms with Gasteiger partial charge in [0.1, 0.15) is 5.69 Å². The van der Waals surface area contributed by atoms with Gasteiger partial charge in [0.2, 0.25) is 0 Å². The van der Waals surface area contributed by atoms with Crippen molar-refractivity contribution >= 4 is 30.7 Å². The second kappa shape index (κ2) is 8.74. The van der Waals surface area contributed by atoms with E-state index in [1.54, 1.807) is 31.4 Å². The molecule has 0 aliphatic heterocycles. The molecule has 0 bridgehead atoms. The zero-order valence-electron chi connectivity index (χ0n) is 7.69. The Morgan fingerprint density at radius 2 is 2.14 bits per heavy atom. The van der Waals surface area contributed by atoms with E-state index in [2.05, 4.69) is 15.6 Å². The van der Waals surface area contributed by atoms with Gasteiger partial charge in [-0.1, -0.05) is 6.07 Å². The highest BCUT2D eigenvalue weighted by Crippen LogP contribution is 1.91. The number of hydrogen-bond donors (Lipinski definition) is 2. The molecule has 0 fully saturated rings. The monoisotopic (exact) mass is 237 g/mol. The highest BCUT2D eigenvalue weighted by Gasteiger charge is 2.02. The van der Waals surface area contributed by atoms with Crippen LogP contribution in [0.2, 0.25) is 0 Å². The summed E-state index contributed by atoms with van der Waals surface area (Å²) in [5.41, 5.74) is 0.438. The highest BCUT2D eigenvalue weighted by molar-refractivity contribution is 5.92. The van der Waals surface area contributed by atoms with Crippen LogP contribution >= 0.6 is 24.8 Å². The lowest BCUT2D eigenvalue weighted by Crippen LogP contribution is -2.32. The summed E-state index contributed by atoms with van der Waals surface area (Å²) >= 11 is 0. The second-order valence-electron chi connectivity index (χ2n) is 2.25. The molecule has 0 saturated heterocycles. The van der Waals surface area contributed by atoms with Crippen molar-refractivity contribution in [2.75, 3.05) is 13.7 Å². The summed E-state index contributed by atoms with van der Waals surface area (Å²) in [6, 6.07) is 5.22. The molecule has 80 valence electrons. The number of nitrogens with zero attached hydrogens (tertiary/aromatic N) is 1. The molecule has 0 aliphatic carbocycles. The lowest BCUT2D eigenvalue weighted by Gasteiger charge is -2.01. The van der Waals surface area contributed by atoms with Crippen molar-refractivity contribution in [1.82, 2.24) is 15.6 Å². The topological polar surface area (TPSA) is 54.0 Å².